The zero-order valence-corrected chi connectivity index (χ0v) is 10.2. The fourth-order valence-electron chi connectivity index (χ4n) is 1.34. The Hall–Kier alpha value is -1.36. The molecule has 0 aliphatic carbocycles. The predicted molar refractivity (Wildman–Crippen MR) is 62.7 cm³/mol. The van der Waals surface area contributed by atoms with Crippen molar-refractivity contribution in [2.24, 2.45) is 0 Å². The van der Waals surface area contributed by atoms with Crippen LogP contribution in [0.2, 0.25) is 0 Å². The number of rotatable bonds is 5. The Balaban J connectivity index is 2.84. The summed E-state index contributed by atoms with van der Waals surface area (Å²) in [7, 11) is 1.57. The molecule has 0 bridgehead atoms. The molecular formula is C11H19N3O2. The second-order valence-electron chi connectivity index (χ2n) is 4.36. The molecule has 5 nitrogen and oxygen atoms in total. The van der Waals surface area contributed by atoms with E-state index in [9.17, 15) is 0 Å². The number of anilines is 1. The molecule has 0 spiro atoms. The second kappa shape index (κ2) is 5.12. The lowest BCUT2D eigenvalue weighted by Gasteiger charge is -2.25. The Bertz CT molecular complexity index is 353. The first-order valence-corrected chi connectivity index (χ1v) is 5.25. The Morgan fingerprint density at radius 3 is 2.69 bits per heavy atom. The highest BCUT2D eigenvalue weighted by Gasteiger charge is 2.18. The third kappa shape index (κ3) is 3.66. The van der Waals surface area contributed by atoms with Crippen molar-refractivity contribution in [3.63, 3.8) is 0 Å². The molecule has 0 amide bonds. The maximum absolute atomic E-state index is 8.93. The summed E-state index contributed by atoms with van der Waals surface area (Å²) in [4.78, 5) is 8.46. The van der Waals surface area contributed by atoms with Crippen LogP contribution in [0.15, 0.2) is 6.07 Å². The van der Waals surface area contributed by atoms with Gasteiger partial charge >= 0.3 is 0 Å². The largest absolute Gasteiger partial charge is 0.481 e. The van der Waals surface area contributed by atoms with Gasteiger partial charge in [-0.05, 0) is 27.2 Å². The van der Waals surface area contributed by atoms with Gasteiger partial charge in [-0.2, -0.15) is 4.98 Å². The van der Waals surface area contributed by atoms with Gasteiger partial charge < -0.3 is 15.2 Å². The van der Waals surface area contributed by atoms with Gasteiger partial charge in [0.2, 0.25) is 11.8 Å². The van der Waals surface area contributed by atoms with Gasteiger partial charge in [-0.25, -0.2) is 4.98 Å². The Kier molecular flexibility index (Phi) is 4.06. The highest BCUT2D eigenvalue weighted by Crippen LogP contribution is 2.17. The molecule has 5 heteroatoms. The number of aliphatic hydroxyl groups is 1. The van der Waals surface area contributed by atoms with E-state index >= 15 is 0 Å². The van der Waals surface area contributed by atoms with E-state index in [-0.39, 0.29) is 12.1 Å². The van der Waals surface area contributed by atoms with Crippen molar-refractivity contribution in [3.8, 4) is 5.88 Å². The van der Waals surface area contributed by atoms with Crippen molar-refractivity contribution in [2.45, 2.75) is 32.7 Å². The molecule has 1 rings (SSSR count). The van der Waals surface area contributed by atoms with Crippen LogP contribution >= 0.6 is 0 Å². The number of nitrogens with one attached hydrogen (secondary N) is 1. The summed E-state index contributed by atoms with van der Waals surface area (Å²) >= 11 is 0. The van der Waals surface area contributed by atoms with Crippen molar-refractivity contribution in [1.29, 1.82) is 0 Å². The molecule has 0 fully saturated rings. The van der Waals surface area contributed by atoms with Crippen LogP contribution in [0.3, 0.4) is 0 Å². The zero-order chi connectivity index (χ0) is 12.2. The summed E-state index contributed by atoms with van der Waals surface area (Å²) in [5, 5.41) is 12.1. The van der Waals surface area contributed by atoms with E-state index in [4.69, 9.17) is 9.84 Å². The first-order chi connectivity index (χ1) is 7.46. The first-order valence-electron chi connectivity index (χ1n) is 5.25. The Labute approximate surface area is 95.9 Å². The van der Waals surface area contributed by atoms with Crippen LogP contribution in [0, 0.1) is 6.92 Å². The summed E-state index contributed by atoms with van der Waals surface area (Å²) in [6.45, 7) is 5.99. The summed E-state index contributed by atoms with van der Waals surface area (Å²) in [6, 6.07) is 1.77. The molecule has 1 aromatic heterocycles. The van der Waals surface area contributed by atoms with Gasteiger partial charge in [0, 0.05) is 23.9 Å². The van der Waals surface area contributed by atoms with E-state index in [2.05, 4.69) is 15.3 Å². The normalized spacial score (nSPS) is 11.3. The molecule has 0 unspecified atom stereocenters. The smallest absolute Gasteiger partial charge is 0.226 e. The first kappa shape index (κ1) is 12.7. The van der Waals surface area contributed by atoms with Gasteiger partial charge in [0.15, 0.2) is 0 Å². The van der Waals surface area contributed by atoms with E-state index in [1.165, 1.54) is 0 Å². The van der Waals surface area contributed by atoms with Gasteiger partial charge in [0.25, 0.3) is 0 Å². The highest BCUT2D eigenvalue weighted by atomic mass is 16.5. The van der Waals surface area contributed by atoms with Crippen molar-refractivity contribution in [2.75, 3.05) is 19.0 Å². The van der Waals surface area contributed by atoms with Crippen molar-refractivity contribution in [1.82, 2.24) is 9.97 Å². The van der Waals surface area contributed by atoms with E-state index in [1.807, 2.05) is 20.8 Å². The number of aryl methyl sites for hydroxylation is 1. The SMILES string of the molecule is COc1cc(C)nc(NC(C)(C)CCO)n1. The molecular weight excluding hydrogens is 206 g/mol. The number of methoxy groups -OCH3 is 1. The molecule has 0 aromatic carbocycles. The van der Waals surface area contributed by atoms with Crippen LogP contribution in [0.25, 0.3) is 0 Å². The standard InChI is InChI=1S/C11H19N3O2/c1-8-7-9(16-4)13-10(12-8)14-11(2,3)5-6-15/h7,15H,5-6H2,1-4H3,(H,12,13,14). The van der Waals surface area contributed by atoms with Crippen LogP contribution in [0.5, 0.6) is 5.88 Å². The number of ether oxygens (including phenoxy) is 1. The fraction of sp³-hybridized carbons (Fsp3) is 0.636. The van der Waals surface area contributed by atoms with Crippen molar-refractivity contribution >= 4 is 5.95 Å². The van der Waals surface area contributed by atoms with Gasteiger partial charge in [0.1, 0.15) is 0 Å². The van der Waals surface area contributed by atoms with Gasteiger partial charge in [-0.1, -0.05) is 0 Å². The fourth-order valence-corrected chi connectivity index (χ4v) is 1.34. The number of aliphatic hydroxyl groups excluding tert-OH is 1. The Morgan fingerprint density at radius 2 is 2.12 bits per heavy atom. The van der Waals surface area contributed by atoms with Crippen molar-refractivity contribution < 1.29 is 9.84 Å². The van der Waals surface area contributed by atoms with Crippen LogP contribution in [0.1, 0.15) is 26.0 Å². The van der Waals surface area contributed by atoms with Crippen LogP contribution in [-0.4, -0.2) is 34.3 Å². The van der Waals surface area contributed by atoms with Gasteiger partial charge in [-0.3, -0.25) is 0 Å². The molecule has 0 saturated carbocycles. The monoisotopic (exact) mass is 225 g/mol. The summed E-state index contributed by atoms with van der Waals surface area (Å²) in [6.07, 6.45) is 0.632. The number of nitrogens with zero attached hydrogens (tertiary/aromatic N) is 2. The second-order valence-corrected chi connectivity index (χ2v) is 4.36. The average molecular weight is 225 g/mol. The predicted octanol–water partition coefficient (Wildman–Crippen LogP) is 1.37. The number of aromatic nitrogens is 2. The van der Waals surface area contributed by atoms with Crippen LogP contribution < -0.4 is 10.1 Å². The molecule has 0 radical (unpaired) electrons. The summed E-state index contributed by atoms with van der Waals surface area (Å²) in [5.74, 6) is 1.06. The summed E-state index contributed by atoms with van der Waals surface area (Å²) in [5.41, 5.74) is 0.599. The lowest BCUT2D eigenvalue weighted by molar-refractivity contribution is 0.260. The van der Waals surface area contributed by atoms with E-state index < -0.39 is 0 Å². The molecule has 2 N–H and O–H groups in total. The summed E-state index contributed by atoms with van der Waals surface area (Å²) < 4.78 is 5.07. The highest BCUT2D eigenvalue weighted by molar-refractivity contribution is 5.33. The average Bonchev–Trinajstić information content (AvgIpc) is 2.15. The van der Waals surface area contributed by atoms with Crippen LogP contribution in [0.4, 0.5) is 5.95 Å². The third-order valence-corrected chi connectivity index (χ3v) is 2.23. The minimum absolute atomic E-state index is 0.128. The zero-order valence-electron chi connectivity index (χ0n) is 10.2. The van der Waals surface area contributed by atoms with E-state index in [0.29, 0.717) is 18.2 Å². The Morgan fingerprint density at radius 1 is 1.44 bits per heavy atom. The molecule has 1 heterocycles. The molecule has 0 saturated heterocycles. The maximum atomic E-state index is 8.93. The lowest BCUT2D eigenvalue weighted by atomic mass is 10.0. The molecule has 16 heavy (non-hydrogen) atoms. The number of hydrogen-bond donors (Lipinski definition) is 2. The van der Waals surface area contributed by atoms with E-state index in [0.717, 1.165) is 5.69 Å². The molecule has 90 valence electrons. The quantitative estimate of drug-likeness (QED) is 0.792. The third-order valence-electron chi connectivity index (χ3n) is 2.23. The van der Waals surface area contributed by atoms with Crippen LogP contribution in [-0.2, 0) is 0 Å². The van der Waals surface area contributed by atoms with Gasteiger partial charge in [-0.15, -0.1) is 0 Å². The van der Waals surface area contributed by atoms with E-state index in [1.54, 1.807) is 13.2 Å². The number of hydrogen-bond acceptors (Lipinski definition) is 5. The molecule has 1 aromatic rings. The lowest BCUT2D eigenvalue weighted by Crippen LogP contribution is -2.32. The minimum Gasteiger partial charge on any atom is -0.481 e. The molecule has 0 atom stereocenters. The molecule has 0 aliphatic rings. The topological polar surface area (TPSA) is 67.3 Å². The maximum Gasteiger partial charge on any atom is 0.226 e. The molecule has 0 aliphatic heterocycles. The van der Waals surface area contributed by atoms with Crippen molar-refractivity contribution in [3.05, 3.63) is 11.8 Å². The minimum atomic E-state index is -0.243. The van der Waals surface area contributed by atoms with Gasteiger partial charge in [0.05, 0.1) is 7.11 Å².